The molecule has 4 aromatic rings. The quantitative estimate of drug-likeness (QED) is 0.168. The van der Waals surface area contributed by atoms with Crippen LogP contribution in [0.5, 0.6) is 5.75 Å². The lowest BCUT2D eigenvalue weighted by atomic mass is 9.78. The number of allylic oxidation sites excluding steroid dienone is 2. The van der Waals surface area contributed by atoms with Gasteiger partial charge in [0.1, 0.15) is 5.75 Å². The number of hydrogen-bond donors (Lipinski definition) is 2. The molecule has 4 aromatic carbocycles. The van der Waals surface area contributed by atoms with E-state index in [-0.39, 0.29) is 11.1 Å². The molecule has 232 valence electrons. The van der Waals surface area contributed by atoms with E-state index in [1.165, 1.54) is 15.9 Å². The standard InChI is InChI=1S/C39H45BO4Si/c1-6-30(27-31-22-23-37(41)36-20-14-13-19-35(31)36)21-24-38-34(25-26-40(42)44-38)29(2)28-43-45(39(3,4)5,32-15-9-7-10-16-32)33-17-11-8-12-18-33/h7-20,22-23,25,27,38,41-42H,2,6,21,24,26,28H2,1,3-5H3/b30-27+. The minimum Gasteiger partial charge on any atom is -0.507 e. The number of phenolic OH excluding ortho intramolecular Hbond substituents is 1. The zero-order chi connectivity index (χ0) is 32.0. The van der Waals surface area contributed by atoms with Crippen LogP contribution in [0.4, 0.5) is 0 Å². The highest BCUT2D eigenvalue weighted by Crippen LogP contribution is 2.38. The first-order chi connectivity index (χ1) is 21.6. The molecule has 0 amide bonds. The minimum absolute atomic E-state index is 0.137. The highest BCUT2D eigenvalue weighted by Gasteiger charge is 2.50. The normalized spacial score (nSPS) is 16.1. The Labute approximate surface area is 270 Å². The first-order valence-electron chi connectivity index (χ1n) is 16.0. The molecular weight excluding hydrogens is 571 g/mol. The summed E-state index contributed by atoms with van der Waals surface area (Å²) in [6.45, 7) is 13.9. The Kier molecular flexibility index (Phi) is 10.3. The van der Waals surface area contributed by atoms with Crippen molar-refractivity contribution in [2.24, 2.45) is 0 Å². The third-order valence-corrected chi connectivity index (χ3v) is 14.0. The molecule has 0 radical (unpaired) electrons. The van der Waals surface area contributed by atoms with Crippen molar-refractivity contribution in [1.29, 1.82) is 0 Å². The molecule has 6 heteroatoms. The first-order valence-corrected chi connectivity index (χ1v) is 17.9. The summed E-state index contributed by atoms with van der Waals surface area (Å²) < 4.78 is 13.3. The third kappa shape index (κ3) is 7.10. The molecule has 45 heavy (non-hydrogen) atoms. The van der Waals surface area contributed by atoms with Crippen LogP contribution in [0, 0.1) is 0 Å². The molecule has 0 aromatic heterocycles. The summed E-state index contributed by atoms with van der Waals surface area (Å²) in [7, 11) is -3.56. The summed E-state index contributed by atoms with van der Waals surface area (Å²) in [4.78, 5) is 0. The number of fused-ring (bicyclic) bond motifs is 1. The van der Waals surface area contributed by atoms with Crippen LogP contribution in [-0.2, 0) is 9.08 Å². The van der Waals surface area contributed by atoms with Gasteiger partial charge in [0.2, 0.25) is 0 Å². The second-order valence-electron chi connectivity index (χ2n) is 12.9. The van der Waals surface area contributed by atoms with Gasteiger partial charge in [0.25, 0.3) is 8.32 Å². The van der Waals surface area contributed by atoms with Crippen molar-refractivity contribution in [2.45, 2.75) is 64.4 Å². The summed E-state index contributed by atoms with van der Waals surface area (Å²) >= 11 is 0. The van der Waals surface area contributed by atoms with Gasteiger partial charge < -0.3 is 19.2 Å². The summed E-state index contributed by atoms with van der Waals surface area (Å²) in [5.41, 5.74) is 4.28. The molecule has 0 fully saturated rings. The van der Waals surface area contributed by atoms with Gasteiger partial charge in [-0.2, -0.15) is 0 Å². The molecule has 1 unspecified atom stereocenters. The van der Waals surface area contributed by atoms with Gasteiger partial charge in [0, 0.05) is 11.7 Å². The molecule has 1 aliphatic rings. The average Bonchev–Trinajstić information content (AvgIpc) is 3.05. The van der Waals surface area contributed by atoms with Crippen LogP contribution in [0.15, 0.2) is 126 Å². The maximum absolute atomic E-state index is 10.5. The van der Waals surface area contributed by atoms with Crippen LogP contribution < -0.4 is 10.4 Å². The Morgan fingerprint density at radius 3 is 2.13 bits per heavy atom. The molecule has 1 heterocycles. The van der Waals surface area contributed by atoms with E-state index in [1.54, 1.807) is 6.07 Å². The molecule has 4 nitrogen and oxygen atoms in total. The number of phenols is 1. The molecule has 2 N–H and O–H groups in total. The Bertz CT molecular complexity index is 1630. The second-order valence-corrected chi connectivity index (χ2v) is 17.3. The predicted molar refractivity (Wildman–Crippen MR) is 192 cm³/mol. The largest absolute Gasteiger partial charge is 0.507 e. The smallest absolute Gasteiger partial charge is 0.458 e. The van der Waals surface area contributed by atoms with Crippen LogP contribution in [0.2, 0.25) is 11.4 Å². The molecule has 1 aliphatic heterocycles. The summed E-state index contributed by atoms with van der Waals surface area (Å²) in [6.07, 6.45) is 6.88. The van der Waals surface area contributed by atoms with Gasteiger partial charge in [-0.25, -0.2) is 0 Å². The van der Waals surface area contributed by atoms with Crippen molar-refractivity contribution in [3.05, 3.63) is 132 Å². The van der Waals surface area contributed by atoms with E-state index in [9.17, 15) is 10.1 Å². The molecule has 0 spiro atoms. The number of benzene rings is 4. The molecule has 0 bridgehead atoms. The zero-order valence-electron chi connectivity index (χ0n) is 27.0. The van der Waals surface area contributed by atoms with Crippen molar-refractivity contribution >= 4 is 42.7 Å². The Balaban J connectivity index is 1.38. The van der Waals surface area contributed by atoms with E-state index >= 15 is 0 Å². The number of hydrogen-bond acceptors (Lipinski definition) is 4. The van der Waals surface area contributed by atoms with Crippen molar-refractivity contribution in [3.8, 4) is 5.75 Å². The Morgan fingerprint density at radius 2 is 1.53 bits per heavy atom. The summed E-state index contributed by atoms with van der Waals surface area (Å²) in [6, 6.07) is 33.0. The van der Waals surface area contributed by atoms with Crippen LogP contribution in [-0.4, -0.2) is 38.3 Å². The lowest BCUT2D eigenvalue weighted by Crippen LogP contribution is -2.66. The van der Waals surface area contributed by atoms with E-state index < -0.39 is 15.4 Å². The SMILES string of the molecule is C=C(CO[Si](c1ccccc1)(c1ccccc1)C(C)(C)C)C1=CCB(O)OC1CC/C(=C/c1ccc(O)c2ccccc12)CC. The first kappa shape index (κ1) is 32.7. The third-order valence-electron chi connectivity index (χ3n) is 8.97. The van der Waals surface area contributed by atoms with Crippen molar-refractivity contribution in [1.82, 2.24) is 0 Å². The molecule has 5 rings (SSSR count). The van der Waals surface area contributed by atoms with Crippen molar-refractivity contribution < 1.29 is 19.2 Å². The second kappa shape index (κ2) is 14.2. The lowest BCUT2D eigenvalue weighted by Gasteiger charge is -2.43. The minimum atomic E-state index is -2.73. The predicted octanol–water partition coefficient (Wildman–Crippen LogP) is 8.06. The van der Waals surface area contributed by atoms with Gasteiger partial charge in [-0.05, 0) is 62.8 Å². The van der Waals surface area contributed by atoms with E-state index in [0.717, 1.165) is 46.7 Å². The van der Waals surface area contributed by atoms with Crippen molar-refractivity contribution in [3.63, 3.8) is 0 Å². The Hall–Kier alpha value is -3.68. The van der Waals surface area contributed by atoms with Gasteiger partial charge in [-0.15, -0.1) is 0 Å². The summed E-state index contributed by atoms with van der Waals surface area (Å²) in [5, 5.41) is 25.0. The number of rotatable bonds is 11. The van der Waals surface area contributed by atoms with E-state index in [0.29, 0.717) is 18.7 Å². The van der Waals surface area contributed by atoms with E-state index in [4.69, 9.17) is 9.08 Å². The molecule has 0 aliphatic carbocycles. The van der Waals surface area contributed by atoms with Crippen molar-refractivity contribution in [2.75, 3.05) is 6.61 Å². The van der Waals surface area contributed by atoms with Gasteiger partial charge in [-0.1, -0.05) is 143 Å². The van der Waals surface area contributed by atoms with Gasteiger partial charge in [-0.3, -0.25) is 0 Å². The molecular formula is C39H45BO4Si. The average molecular weight is 617 g/mol. The van der Waals surface area contributed by atoms with Gasteiger partial charge in [0.15, 0.2) is 0 Å². The lowest BCUT2D eigenvalue weighted by molar-refractivity contribution is 0.181. The number of aromatic hydroxyl groups is 1. The highest BCUT2D eigenvalue weighted by molar-refractivity contribution is 6.99. The maximum atomic E-state index is 10.5. The zero-order valence-corrected chi connectivity index (χ0v) is 28.0. The topological polar surface area (TPSA) is 58.9 Å². The Morgan fingerprint density at radius 1 is 0.933 bits per heavy atom. The summed E-state index contributed by atoms with van der Waals surface area (Å²) in [5.74, 6) is 0.291. The highest BCUT2D eigenvalue weighted by atomic mass is 28.4. The van der Waals surface area contributed by atoms with Gasteiger partial charge >= 0.3 is 7.12 Å². The van der Waals surface area contributed by atoms with Crippen LogP contribution in [0.1, 0.15) is 52.5 Å². The van der Waals surface area contributed by atoms with E-state index in [2.05, 4.69) is 107 Å². The van der Waals surface area contributed by atoms with Crippen LogP contribution in [0.3, 0.4) is 0 Å². The van der Waals surface area contributed by atoms with E-state index in [1.807, 2.05) is 30.3 Å². The fourth-order valence-electron chi connectivity index (χ4n) is 6.63. The van der Waals surface area contributed by atoms with Crippen LogP contribution >= 0.6 is 0 Å². The monoisotopic (exact) mass is 616 g/mol. The fourth-order valence-corrected chi connectivity index (χ4v) is 11.2. The molecule has 1 atom stereocenters. The molecule has 0 saturated heterocycles. The van der Waals surface area contributed by atoms with Crippen LogP contribution in [0.25, 0.3) is 16.8 Å². The van der Waals surface area contributed by atoms with Gasteiger partial charge in [0.05, 0.1) is 12.7 Å². The maximum Gasteiger partial charge on any atom is 0.458 e. The molecule has 0 saturated carbocycles. The fraction of sp³-hybridized carbons (Fsp3) is 0.282.